The van der Waals surface area contributed by atoms with Gasteiger partial charge in [-0.1, -0.05) is 12.1 Å². The highest BCUT2D eigenvalue weighted by atomic mass is 35.5. The molecule has 0 amide bonds. The Labute approximate surface area is 99.6 Å². The van der Waals surface area contributed by atoms with Crippen LogP contribution >= 0.6 is 12.4 Å². The third-order valence-electron chi connectivity index (χ3n) is 2.20. The van der Waals surface area contributed by atoms with Gasteiger partial charge < -0.3 is 15.9 Å². The Morgan fingerprint density at radius 2 is 1.50 bits per heavy atom. The van der Waals surface area contributed by atoms with Gasteiger partial charge in [-0.3, -0.25) is 0 Å². The topological polar surface area (TPSA) is 66.5 Å². The normalized spacial score (nSPS) is 9.50. The molecule has 2 rings (SSSR count). The first-order chi connectivity index (χ1) is 7.16. The van der Waals surface area contributed by atoms with E-state index in [0.29, 0.717) is 11.3 Å². The Bertz CT molecular complexity index is 483. The fraction of sp³-hybridized carbons (Fsp3) is 0. The number of hydrogen-bond donors (Lipinski definition) is 3. The monoisotopic (exact) mass is 237 g/mol. The Morgan fingerprint density at radius 1 is 0.875 bits per heavy atom. The Morgan fingerprint density at radius 3 is 2.12 bits per heavy atom. The molecule has 16 heavy (non-hydrogen) atoms. The quantitative estimate of drug-likeness (QED) is 0.528. The molecule has 0 fully saturated rings. The third-order valence-corrected chi connectivity index (χ3v) is 2.20. The lowest BCUT2D eigenvalue weighted by atomic mass is 10.0. The zero-order valence-corrected chi connectivity index (χ0v) is 9.24. The molecule has 0 radical (unpaired) electrons. The summed E-state index contributed by atoms with van der Waals surface area (Å²) in [5.74, 6) is 0.372. The summed E-state index contributed by atoms with van der Waals surface area (Å²) in [5.41, 5.74) is 7.71. The lowest BCUT2D eigenvalue weighted by molar-refractivity contribution is 0.474. The second kappa shape index (κ2) is 4.77. The van der Waals surface area contributed by atoms with Crippen molar-refractivity contribution in [2.24, 2.45) is 0 Å². The van der Waals surface area contributed by atoms with E-state index in [4.69, 9.17) is 10.8 Å². The molecule has 4 heteroatoms. The van der Waals surface area contributed by atoms with Crippen LogP contribution < -0.4 is 5.73 Å². The van der Waals surface area contributed by atoms with Gasteiger partial charge in [-0.05, 0) is 35.9 Å². The minimum Gasteiger partial charge on any atom is -0.508 e. The number of hydrogen-bond acceptors (Lipinski definition) is 3. The number of phenolic OH excluding ortho intramolecular Hbond substituents is 2. The van der Waals surface area contributed by atoms with Gasteiger partial charge in [-0.25, -0.2) is 0 Å². The van der Waals surface area contributed by atoms with Crippen LogP contribution in [0.25, 0.3) is 11.1 Å². The van der Waals surface area contributed by atoms with Crippen molar-refractivity contribution in [3.63, 3.8) is 0 Å². The van der Waals surface area contributed by atoms with E-state index in [0.717, 1.165) is 5.56 Å². The highest BCUT2D eigenvalue weighted by Crippen LogP contribution is 2.31. The molecular formula is C12H12ClNO2. The van der Waals surface area contributed by atoms with Gasteiger partial charge in [-0.2, -0.15) is 0 Å². The molecule has 84 valence electrons. The van der Waals surface area contributed by atoms with Crippen molar-refractivity contribution >= 4 is 18.1 Å². The van der Waals surface area contributed by atoms with E-state index in [1.807, 2.05) is 0 Å². The zero-order chi connectivity index (χ0) is 10.8. The molecule has 0 aromatic heterocycles. The number of aromatic hydroxyl groups is 2. The maximum Gasteiger partial charge on any atom is 0.123 e. The van der Waals surface area contributed by atoms with E-state index in [2.05, 4.69) is 0 Å². The summed E-state index contributed by atoms with van der Waals surface area (Å²) in [4.78, 5) is 0. The lowest BCUT2D eigenvalue weighted by Crippen LogP contribution is -1.86. The van der Waals surface area contributed by atoms with Crippen LogP contribution in [0.4, 0.5) is 5.69 Å². The van der Waals surface area contributed by atoms with Gasteiger partial charge in [0.25, 0.3) is 0 Å². The zero-order valence-electron chi connectivity index (χ0n) is 8.42. The maximum absolute atomic E-state index is 9.64. The Balaban J connectivity index is 0.00000128. The molecule has 0 aliphatic heterocycles. The average Bonchev–Trinajstić information content (AvgIpc) is 2.23. The molecule has 0 saturated carbocycles. The van der Waals surface area contributed by atoms with Gasteiger partial charge in [0.15, 0.2) is 0 Å². The second-order valence-corrected chi connectivity index (χ2v) is 3.32. The molecular weight excluding hydrogens is 226 g/mol. The van der Waals surface area contributed by atoms with Crippen LogP contribution in [0.2, 0.25) is 0 Å². The second-order valence-electron chi connectivity index (χ2n) is 3.32. The molecule has 0 unspecified atom stereocenters. The van der Waals surface area contributed by atoms with E-state index in [1.54, 1.807) is 42.5 Å². The number of nitrogens with two attached hydrogens (primary N) is 1. The molecule has 3 nitrogen and oxygen atoms in total. The Kier molecular flexibility index (Phi) is 3.64. The first-order valence-electron chi connectivity index (χ1n) is 4.55. The van der Waals surface area contributed by atoms with E-state index >= 15 is 0 Å². The minimum absolute atomic E-state index is 0. The van der Waals surface area contributed by atoms with Gasteiger partial charge in [-0.15, -0.1) is 12.4 Å². The minimum atomic E-state index is 0. The highest BCUT2D eigenvalue weighted by molar-refractivity contribution is 5.85. The van der Waals surface area contributed by atoms with Gasteiger partial charge in [0, 0.05) is 11.3 Å². The molecule has 0 bridgehead atoms. The fourth-order valence-corrected chi connectivity index (χ4v) is 1.43. The SMILES string of the molecule is Cl.Nc1ccc(O)c(-c2ccc(O)cc2)c1. The van der Waals surface area contributed by atoms with E-state index in [9.17, 15) is 5.11 Å². The van der Waals surface area contributed by atoms with Crippen LogP contribution in [0.15, 0.2) is 42.5 Å². The Hall–Kier alpha value is -1.87. The van der Waals surface area contributed by atoms with E-state index in [1.165, 1.54) is 0 Å². The van der Waals surface area contributed by atoms with Crippen LogP contribution in [0, 0.1) is 0 Å². The van der Waals surface area contributed by atoms with E-state index < -0.39 is 0 Å². The molecule has 0 spiro atoms. The van der Waals surface area contributed by atoms with Crippen molar-refractivity contribution in [3.8, 4) is 22.6 Å². The maximum atomic E-state index is 9.64. The standard InChI is InChI=1S/C12H11NO2.ClH/c13-9-3-6-12(15)11(7-9)8-1-4-10(14)5-2-8;/h1-7,14-15H,13H2;1H. The summed E-state index contributed by atoms with van der Waals surface area (Å²) in [6.07, 6.45) is 0. The van der Waals surface area contributed by atoms with Crippen molar-refractivity contribution in [2.45, 2.75) is 0 Å². The molecule has 0 saturated heterocycles. The largest absolute Gasteiger partial charge is 0.508 e. The molecule has 4 N–H and O–H groups in total. The first-order valence-corrected chi connectivity index (χ1v) is 4.55. The van der Waals surface area contributed by atoms with Crippen molar-refractivity contribution in [3.05, 3.63) is 42.5 Å². The fourth-order valence-electron chi connectivity index (χ4n) is 1.43. The predicted octanol–water partition coefficient (Wildman–Crippen LogP) is 2.77. The van der Waals surface area contributed by atoms with Crippen molar-refractivity contribution in [1.82, 2.24) is 0 Å². The molecule has 0 atom stereocenters. The van der Waals surface area contributed by atoms with E-state index in [-0.39, 0.29) is 23.9 Å². The number of phenols is 2. The van der Waals surface area contributed by atoms with Crippen LogP contribution in [0.5, 0.6) is 11.5 Å². The average molecular weight is 238 g/mol. The number of nitrogen functional groups attached to an aromatic ring is 1. The molecule has 2 aromatic carbocycles. The summed E-state index contributed by atoms with van der Waals surface area (Å²) in [6, 6.07) is 11.5. The number of benzene rings is 2. The summed E-state index contributed by atoms with van der Waals surface area (Å²) in [6.45, 7) is 0. The molecule has 2 aromatic rings. The molecule has 0 aliphatic rings. The lowest BCUT2D eigenvalue weighted by Gasteiger charge is -2.05. The molecule has 0 aliphatic carbocycles. The summed E-state index contributed by atoms with van der Waals surface area (Å²) in [7, 11) is 0. The summed E-state index contributed by atoms with van der Waals surface area (Å²) < 4.78 is 0. The van der Waals surface area contributed by atoms with Gasteiger partial charge in [0.1, 0.15) is 11.5 Å². The van der Waals surface area contributed by atoms with Crippen LogP contribution in [0.1, 0.15) is 0 Å². The van der Waals surface area contributed by atoms with Crippen molar-refractivity contribution < 1.29 is 10.2 Å². The van der Waals surface area contributed by atoms with Gasteiger partial charge in [0.2, 0.25) is 0 Å². The van der Waals surface area contributed by atoms with Crippen molar-refractivity contribution in [1.29, 1.82) is 0 Å². The summed E-state index contributed by atoms with van der Waals surface area (Å²) >= 11 is 0. The highest BCUT2D eigenvalue weighted by Gasteiger charge is 2.04. The van der Waals surface area contributed by atoms with Gasteiger partial charge >= 0.3 is 0 Å². The van der Waals surface area contributed by atoms with Crippen LogP contribution in [-0.2, 0) is 0 Å². The molecule has 0 heterocycles. The summed E-state index contributed by atoms with van der Waals surface area (Å²) in [5, 5.41) is 18.8. The predicted molar refractivity (Wildman–Crippen MR) is 66.9 cm³/mol. The van der Waals surface area contributed by atoms with Crippen LogP contribution in [-0.4, -0.2) is 10.2 Å². The number of rotatable bonds is 1. The third kappa shape index (κ3) is 2.38. The van der Waals surface area contributed by atoms with Gasteiger partial charge in [0.05, 0.1) is 0 Å². The first kappa shape index (κ1) is 12.2. The number of anilines is 1. The van der Waals surface area contributed by atoms with Crippen LogP contribution in [0.3, 0.4) is 0 Å². The van der Waals surface area contributed by atoms with Crippen molar-refractivity contribution in [2.75, 3.05) is 5.73 Å². The number of halogens is 1. The smallest absolute Gasteiger partial charge is 0.123 e.